The SMILES string of the molecule is CCCCC(C)CCCCC(C)CCCC(CC)(CC)C(C)C(CC)C(CC)CC. The van der Waals surface area contributed by atoms with Crippen molar-refractivity contribution in [2.75, 3.05) is 0 Å². The molecule has 0 radical (unpaired) electrons. The summed E-state index contributed by atoms with van der Waals surface area (Å²) in [4.78, 5) is 0. The molecule has 30 heavy (non-hydrogen) atoms. The van der Waals surface area contributed by atoms with Crippen LogP contribution < -0.4 is 0 Å². The van der Waals surface area contributed by atoms with Gasteiger partial charge in [0.1, 0.15) is 0 Å². The molecule has 0 aromatic heterocycles. The second-order valence-corrected chi connectivity index (χ2v) is 11.0. The third kappa shape index (κ3) is 10.5. The third-order valence-corrected chi connectivity index (χ3v) is 9.21. The van der Waals surface area contributed by atoms with Gasteiger partial charge in [0.25, 0.3) is 0 Å². The maximum absolute atomic E-state index is 2.61. The molecule has 0 aliphatic rings. The van der Waals surface area contributed by atoms with E-state index in [1.54, 1.807) is 0 Å². The fraction of sp³-hybridized carbons (Fsp3) is 1.00. The number of hydrogen-bond acceptors (Lipinski definition) is 0. The van der Waals surface area contributed by atoms with Gasteiger partial charge in [-0.2, -0.15) is 0 Å². The standard InChI is InChI=1S/C30H62/c1-10-16-20-25(7)21-17-18-22-26(8)23-19-24-30(14-5,15-6)27(9)29(13-4)28(11-2)12-3/h25-29H,10-24H2,1-9H3. The van der Waals surface area contributed by atoms with Crippen LogP contribution in [0.25, 0.3) is 0 Å². The molecule has 0 aliphatic heterocycles. The molecule has 0 fully saturated rings. The molecule has 0 spiro atoms. The van der Waals surface area contributed by atoms with Crippen LogP contribution in [0.15, 0.2) is 0 Å². The minimum atomic E-state index is 0.567. The highest BCUT2D eigenvalue weighted by Crippen LogP contribution is 2.47. The first-order chi connectivity index (χ1) is 14.3. The van der Waals surface area contributed by atoms with Gasteiger partial charge in [-0.05, 0) is 41.4 Å². The summed E-state index contributed by atoms with van der Waals surface area (Å²) in [5, 5.41) is 0. The van der Waals surface area contributed by atoms with Crippen molar-refractivity contribution in [3.8, 4) is 0 Å². The zero-order valence-electron chi connectivity index (χ0n) is 23.0. The Kier molecular flexibility index (Phi) is 17.5. The van der Waals surface area contributed by atoms with Crippen LogP contribution >= 0.6 is 0 Å². The molecule has 0 heteroatoms. The highest BCUT2D eigenvalue weighted by Gasteiger charge is 2.38. The van der Waals surface area contributed by atoms with Crippen LogP contribution in [0.3, 0.4) is 0 Å². The van der Waals surface area contributed by atoms with Gasteiger partial charge >= 0.3 is 0 Å². The largest absolute Gasteiger partial charge is 0.0654 e. The van der Waals surface area contributed by atoms with Crippen molar-refractivity contribution in [3.05, 3.63) is 0 Å². The zero-order chi connectivity index (χ0) is 23.0. The molecule has 0 amide bonds. The van der Waals surface area contributed by atoms with Crippen molar-refractivity contribution in [2.45, 2.75) is 159 Å². The first kappa shape index (κ1) is 30.0. The van der Waals surface area contributed by atoms with Gasteiger partial charge in [-0.3, -0.25) is 0 Å². The van der Waals surface area contributed by atoms with Crippen LogP contribution in [0.1, 0.15) is 159 Å². The fourth-order valence-corrected chi connectivity index (χ4v) is 6.55. The van der Waals surface area contributed by atoms with Crippen molar-refractivity contribution >= 4 is 0 Å². The lowest BCUT2D eigenvalue weighted by Crippen LogP contribution is -2.36. The average molecular weight is 423 g/mol. The van der Waals surface area contributed by atoms with Gasteiger partial charge in [-0.15, -0.1) is 0 Å². The van der Waals surface area contributed by atoms with Crippen LogP contribution in [0, 0.1) is 35.0 Å². The Morgan fingerprint density at radius 2 is 1.03 bits per heavy atom. The molecule has 0 heterocycles. The third-order valence-electron chi connectivity index (χ3n) is 9.21. The van der Waals surface area contributed by atoms with E-state index in [9.17, 15) is 0 Å². The van der Waals surface area contributed by atoms with Gasteiger partial charge in [0.2, 0.25) is 0 Å². The number of unbranched alkanes of at least 4 members (excludes halogenated alkanes) is 2. The summed E-state index contributed by atoms with van der Waals surface area (Å²) in [6.45, 7) is 22.1. The quantitative estimate of drug-likeness (QED) is 0.171. The van der Waals surface area contributed by atoms with E-state index in [-0.39, 0.29) is 0 Å². The second kappa shape index (κ2) is 17.5. The number of rotatable bonds is 20. The van der Waals surface area contributed by atoms with Crippen LogP contribution in [0.2, 0.25) is 0 Å². The predicted octanol–water partition coefficient (Wildman–Crippen LogP) is 11.1. The Morgan fingerprint density at radius 1 is 0.567 bits per heavy atom. The van der Waals surface area contributed by atoms with E-state index in [2.05, 4.69) is 62.3 Å². The summed E-state index contributed by atoms with van der Waals surface area (Å²) in [5.74, 6) is 4.55. The molecule has 0 saturated carbocycles. The Bertz CT molecular complexity index is 362. The van der Waals surface area contributed by atoms with Crippen molar-refractivity contribution in [1.29, 1.82) is 0 Å². The van der Waals surface area contributed by atoms with Crippen LogP contribution in [-0.4, -0.2) is 0 Å². The van der Waals surface area contributed by atoms with Gasteiger partial charge in [0.15, 0.2) is 0 Å². The van der Waals surface area contributed by atoms with Gasteiger partial charge in [0.05, 0.1) is 0 Å². The first-order valence-corrected chi connectivity index (χ1v) is 14.3. The maximum Gasteiger partial charge on any atom is -0.0274 e. The Balaban J connectivity index is 4.51. The molecular weight excluding hydrogens is 360 g/mol. The highest BCUT2D eigenvalue weighted by atomic mass is 14.4. The molecule has 0 rings (SSSR count). The lowest BCUT2D eigenvalue weighted by molar-refractivity contribution is 0.0514. The predicted molar refractivity (Wildman–Crippen MR) is 140 cm³/mol. The Hall–Kier alpha value is 0. The normalized spacial score (nSPS) is 16.6. The van der Waals surface area contributed by atoms with Crippen molar-refractivity contribution in [2.24, 2.45) is 35.0 Å². The minimum Gasteiger partial charge on any atom is -0.0654 e. The smallest absolute Gasteiger partial charge is 0.0274 e. The molecule has 0 saturated heterocycles. The summed E-state index contributed by atoms with van der Waals surface area (Å²) in [7, 11) is 0. The fourth-order valence-electron chi connectivity index (χ4n) is 6.55. The van der Waals surface area contributed by atoms with E-state index < -0.39 is 0 Å². The second-order valence-electron chi connectivity index (χ2n) is 11.0. The molecule has 0 aromatic carbocycles. The van der Waals surface area contributed by atoms with E-state index in [0.717, 1.165) is 29.6 Å². The minimum absolute atomic E-state index is 0.567. The summed E-state index contributed by atoms with van der Waals surface area (Å²) in [6, 6.07) is 0. The van der Waals surface area contributed by atoms with Crippen molar-refractivity contribution in [3.63, 3.8) is 0 Å². The molecule has 0 bridgehead atoms. The van der Waals surface area contributed by atoms with E-state index in [1.165, 1.54) is 96.3 Å². The van der Waals surface area contributed by atoms with Crippen LogP contribution in [-0.2, 0) is 0 Å². The molecule has 0 N–H and O–H groups in total. The molecule has 0 aromatic rings. The average Bonchev–Trinajstić information content (AvgIpc) is 2.76. The summed E-state index contributed by atoms with van der Waals surface area (Å²) in [5.41, 5.74) is 0.567. The molecular formula is C30H62. The molecule has 182 valence electrons. The van der Waals surface area contributed by atoms with Crippen molar-refractivity contribution < 1.29 is 0 Å². The summed E-state index contributed by atoms with van der Waals surface area (Å²) >= 11 is 0. The lowest BCUT2D eigenvalue weighted by Gasteiger charge is -2.45. The van der Waals surface area contributed by atoms with Crippen LogP contribution in [0.5, 0.6) is 0 Å². The van der Waals surface area contributed by atoms with Gasteiger partial charge < -0.3 is 0 Å². The lowest BCUT2D eigenvalue weighted by atomic mass is 9.60. The van der Waals surface area contributed by atoms with E-state index in [0.29, 0.717) is 5.41 Å². The zero-order valence-corrected chi connectivity index (χ0v) is 23.0. The summed E-state index contributed by atoms with van der Waals surface area (Å²) in [6.07, 6.45) is 21.2. The van der Waals surface area contributed by atoms with Gasteiger partial charge in [-0.1, -0.05) is 152 Å². The van der Waals surface area contributed by atoms with Gasteiger partial charge in [-0.25, -0.2) is 0 Å². The highest BCUT2D eigenvalue weighted by molar-refractivity contribution is 4.88. The van der Waals surface area contributed by atoms with Crippen LogP contribution in [0.4, 0.5) is 0 Å². The van der Waals surface area contributed by atoms with E-state index >= 15 is 0 Å². The molecule has 4 atom stereocenters. The summed E-state index contributed by atoms with van der Waals surface area (Å²) < 4.78 is 0. The van der Waals surface area contributed by atoms with Crippen molar-refractivity contribution in [1.82, 2.24) is 0 Å². The Morgan fingerprint density at radius 3 is 1.43 bits per heavy atom. The monoisotopic (exact) mass is 422 g/mol. The molecule has 0 aliphatic carbocycles. The maximum atomic E-state index is 2.61. The van der Waals surface area contributed by atoms with Gasteiger partial charge in [0, 0.05) is 0 Å². The molecule has 4 unspecified atom stereocenters. The van der Waals surface area contributed by atoms with E-state index in [1.807, 2.05) is 0 Å². The topological polar surface area (TPSA) is 0 Å². The molecule has 0 nitrogen and oxygen atoms in total. The number of hydrogen-bond donors (Lipinski definition) is 0. The van der Waals surface area contributed by atoms with E-state index in [4.69, 9.17) is 0 Å². The first-order valence-electron chi connectivity index (χ1n) is 14.3. The Labute approximate surface area is 193 Å².